The van der Waals surface area contributed by atoms with Crippen LogP contribution in [0.3, 0.4) is 0 Å². The number of carbonyl (C=O) groups is 1. The van der Waals surface area contributed by atoms with Gasteiger partial charge >= 0.3 is 5.97 Å². The molecule has 0 fully saturated rings. The summed E-state index contributed by atoms with van der Waals surface area (Å²) in [5.41, 5.74) is 13.7. The smallest absolute Gasteiger partial charge is 0.314 e. The Bertz CT molecular complexity index is 763. The lowest BCUT2D eigenvalue weighted by atomic mass is 9.97. The van der Waals surface area contributed by atoms with Gasteiger partial charge in [-0.2, -0.15) is 0 Å². The van der Waals surface area contributed by atoms with Gasteiger partial charge in [0.1, 0.15) is 5.75 Å². The van der Waals surface area contributed by atoms with E-state index in [1.165, 1.54) is 5.56 Å². The van der Waals surface area contributed by atoms with Crippen LogP contribution in [0.1, 0.15) is 50.7 Å². The highest BCUT2D eigenvalue weighted by atomic mass is 16.5. The zero-order chi connectivity index (χ0) is 19.8. The fourth-order valence-corrected chi connectivity index (χ4v) is 2.83. The Kier molecular flexibility index (Phi) is 7.41. The summed E-state index contributed by atoms with van der Waals surface area (Å²) < 4.78 is 5.59. The molecule has 0 saturated heterocycles. The standard InChI is InChI=1S/C22H29N3O2/c1-4-15(3)18-8-12-20(13-9-18)27-21(26)17(5-2)14-16-6-10-19(11-7-16)25-22(23)24/h6-13,15,17H,4-5,14H2,1-3H3,(H4,23,24,25). The number of nitrogens with two attached hydrogens (primary N) is 2. The van der Waals surface area contributed by atoms with Crippen LogP contribution in [-0.2, 0) is 11.2 Å². The maximum atomic E-state index is 12.6. The molecular weight excluding hydrogens is 338 g/mol. The number of benzene rings is 2. The van der Waals surface area contributed by atoms with E-state index in [0.29, 0.717) is 30.2 Å². The SMILES string of the molecule is CCC(Cc1ccc(N=C(N)N)cc1)C(=O)Oc1ccc(C(C)CC)cc1. The van der Waals surface area contributed by atoms with E-state index < -0.39 is 0 Å². The highest BCUT2D eigenvalue weighted by Crippen LogP contribution is 2.23. The van der Waals surface area contributed by atoms with Crippen LogP contribution < -0.4 is 16.2 Å². The second-order valence-corrected chi connectivity index (χ2v) is 6.81. The molecular formula is C22H29N3O2. The summed E-state index contributed by atoms with van der Waals surface area (Å²) in [7, 11) is 0. The molecule has 2 aromatic rings. The maximum Gasteiger partial charge on any atom is 0.314 e. The van der Waals surface area contributed by atoms with Crippen LogP contribution in [0.2, 0.25) is 0 Å². The molecule has 2 rings (SSSR count). The summed E-state index contributed by atoms with van der Waals surface area (Å²) in [4.78, 5) is 16.6. The van der Waals surface area contributed by atoms with Crippen LogP contribution in [0.15, 0.2) is 53.5 Å². The number of aliphatic imine (C=N–C) groups is 1. The van der Waals surface area contributed by atoms with Gasteiger partial charge in [-0.1, -0.05) is 45.0 Å². The molecule has 0 radical (unpaired) electrons. The molecule has 144 valence electrons. The van der Waals surface area contributed by atoms with Gasteiger partial charge in [0.2, 0.25) is 0 Å². The van der Waals surface area contributed by atoms with Crippen molar-refractivity contribution in [1.29, 1.82) is 0 Å². The van der Waals surface area contributed by atoms with E-state index in [1.54, 1.807) is 0 Å². The minimum absolute atomic E-state index is 0.0251. The predicted molar refractivity (Wildman–Crippen MR) is 110 cm³/mol. The quantitative estimate of drug-likeness (QED) is 0.315. The van der Waals surface area contributed by atoms with Crippen molar-refractivity contribution in [2.24, 2.45) is 22.4 Å². The van der Waals surface area contributed by atoms with Gasteiger partial charge in [0.05, 0.1) is 11.6 Å². The zero-order valence-electron chi connectivity index (χ0n) is 16.3. The molecule has 0 aromatic heterocycles. The molecule has 0 spiro atoms. The van der Waals surface area contributed by atoms with Crippen molar-refractivity contribution in [3.05, 3.63) is 59.7 Å². The van der Waals surface area contributed by atoms with Crippen molar-refractivity contribution in [1.82, 2.24) is 0 Å². The number of nitrogens with zero attached hydrogens (tertiary/aromatic N) is 1. The Morgan fingerprint density at radius 3 is 2.15 bits per heavy atom. The average Bonchev–Trinajstić information content (AvgIpc) is 2.66. The van der Waals surface area contributed by atoms with Crippen molar-refractivity contribution < 1.29 is 9.53 Å². The van der Waals surface area contributed by atoms with E-state index >= 15 is 0 Å². The third-order valence-electron chi connectivity index (χ3n) is 4.78. The Morgan fingerprint density at radius 2 is 1.63 bits per heavy atom. The highest BCUT2D eigenvalue weighted by molar-refractivity contribution is 5.79. The molecule has 2 atom stereocenters. The molecule has 0 aliphatic carbocycles. The molecule has 2 aromatic carbocycles. The number of rotatable bonds is 8. The molecule has 0 saturated carbocycles. The Balaban J connectivity index is 2.00. The first-order valence-corrected chi connectivity index (χ1v) is 9.43. The number of esters is 1. The number of ether oxygens (including phenoxy) is 1. The van der Waals surface area contributed by atoms with Crippen LogP contribution in [0.25, 0.3) is 0 Å². The summed E-state index contributed by atoms with van der Waals surface area (Å²) in [5, 5.41) is 0. The number of carbonyl (C=O) groups excluding carboxylic acids is 1. The van der Waals surface area contributed by atoms with Crippen LogP contribution in [0, 0.1) is 5.92 Å². The van der Waals surface area contributed by atoms with Crippen LogP contribution in [0.5, 0.6) is 5.75 Å². The minimum Gasteiger partial charge on any atom is -0.426 e. The summed E-state index contributed by atoms with van der Waals surface area (Å²) in [6, 6.07) is 15.3. The molecule has 0 aliphatic rings. The van der Waals surface area contributed by atoms with Gasteiger partial charge in [-0.25, -0.2) is 4.99 Å². The number of guanidine groups is 1. The van der Waals surface area contributed by atoms with Crippen molar-refractivity contribution in [3.63, 3.8) is 0 Å². The van der Waals surface area contributed by atoms with E-state index in [-0.39, 0.29) is 17.8 Å². The third-order valence-corrected chi connectivity index (χ3v) is 4.78. The second-order valence-electron chi connectivity index (χ2n) is 6.81. The van der Waals surface area contributed by atoms with Crippen LogP contribution >= 0.6 is 0 Å². The summed E-state index contributed by atoms with van der Waals surface area (Å²) in [6.45, 7) is 6.34. The van der Waals surface area contributed by atoms with E-state index in [9.17, 15) is 4.79 Å². The molecule has 0 amide bonds. The average molecular weight is 367 g/mol. The Morgan fingerprint density at radius 1 is 1.00 bits per heavy atom. The normalized spacial score (nSPS) is 12.9. The number of hydrogen-bond acceptors (Lipinski definition) is 3. The van der Waals surface area contributed by atoms with E-state index in [4.69, 9.17) is 16.2 Å². The lowest BCUT2D eigenvalue weighted by Crippen LogP contribution is -2.22. The molecule has 0 bridgehead atoms. The Hall–Kier alpha value is -2.82. The van der Waals surface area contributed by atoms with Gasteiger partial charge in [-0.3, -0.25) is 4.79 Å². The fourth-order valence-electron chi connectivity index (χ4n) is 2.83. The summed E-state index contributed by atoms with van der Waals surface area (Å²) >= 11 is 0. The lowest BCUT2D eigenvalue weighted by molar-refractivity contribution is -0.139. The van der Waals surface area contributed by atoms with Crippen LogP contribution in [-0.4, -0.2) is 11.9 Å². The van der Waals surface area contributed by atoms with Gasteiger partial charge in [-0.05, 0) is 60.6 Å². The van der Waals surface area contributed by atoms with Gasteiger partial charge < -0.3 is 16.2 Å². The summed E-state index contributed by atoms with van der Waals surface area (Å²) in [6.07, 6.45) is 2.40. The molecule has 5 nitrogen and oxygen atoms in total. The van der Waals surface area contributed by atoms with E-state index in [2.05, 4.69) is 18.8 Å². The molecule has 27 heavy (non-hydrogen) atoms. The monoisotopic (exact) mass is 367 g/mol. The molecule has 4 N–H and O–H groups in total. The number of hydrogen-bond donors (Lipinski definition) is 2. The molecule has 2 unspecified atom stereocenters. The Labute approximate surface area is 161 Å². The first-order chi connectivity index (χ1) is 12.9. The lowest BCUT2D eigenvalue weighted by Gasteiger charge is -2.15. The molecule has 0 heterocycles. The first-order valence-electron chi connectivity index (χ1n) is 9.43. The topological polar surface area (TPSA) is 90.7 Å². The van der Waals surface area contributed by atoms with Crippen LogP contribution in [0.4, 0.5) is 5.69 Å². The zero-order valence-corrected chi connectivity index (χ0v) is 16.3. The van der Waals surface area contributed by atoms with E-state index in [1.807, 2.05) is 55.5 Å². The third kappa shape index (κ3) is 6.13. The highest BCUT2D eigenvalue weighted by Gasteiger charge is 2.19. The predicted octanol–water partition coefficient (Wildman–Crippen LogP) is 4.28. The van der Waals surface area contributed by atoms with Crippen molar-refractivity contribution in [2.75, 3.05) is 0 Å². The fraction of sp³-hybridized carbons (Fsp3) is 0.364. The second kappa shape index (κ2) is 9.76. The van der Waals surface area contributed by atoms with Crippen molar-refractivity contribution >= 4 is 17.6 Å². The van der Waals surface area contributed by atoms with Gasteiger partial charge in [0, 0.05) is 0 Å². The van der Waals surface area contributed by atoms with Crippen molar-refractivity contribution in [3.8, 4) is 5.75 Å². The minimum atomic E-state index is -0.206. The van der Waals surface area contributed by atoms with Gasteiger partial charge in [-0.15, -0.1) is 0 Å². The summed E-state index contributed by atoms with van der Waals surface area (Å²) in [5.74, 6) is 0.709. The molecule has 5 heteroatoms. The van der Waals surface area contributed by atoms with Crippen molar-refractivity contribution in [2.45, 2.75) is 46.0 Å². The molecule has 0 aliphatic heterocycles. The van der Waals surface area contributed by atoms with Gasteiger partial charge in [0.25, 0.3) is 0 Å². The maximum absolute atomic E-state index is 12.6. The van der Waals surface area contributed by atoms with E-state index in [0.717, 1.165) is 12.0 Å². The largest absolute Gasteiger partial charge is 0.426 e. The van der Waals surface area contributed by atoms with Gasteiger partial charge in [0.15, 0.2) is 5.96 Å². The first kappa shape index (κ1) is 20.5.